The third kappa shape index (κ3) is 2.37. The Hall–Kier alpha value is -1.77. The maximum absolute atomic E-state index is 10.7. The summed E-state index contributed by atoms with van der Waals surface area (Å²) in [6, 6.07) is 7.84. The molecule has 1 atom stereocenters. The van der Waals surface area contributed by atoms with Gasteiger partial charge in [-0.05, 0) is 12.1 Å². The highest BCUT2D eigenvalue weighted by Crippen LogP contribution is 2.24. The van der Waals surface area contributed by atoms with E-state index in [9.17, 15) is 4.79 Å². The van der Waals surface area contributed by atoms with E-state index in [4.69, 9.17) is 4.74 Å². The summed E-state index contributed by atoms with van der Waals surface area (Å²) >= 11 is 0. The number of hydrogen-bond donors (Lipinski definition) is 1. The van der Waals surface area contributed by atoms with Crippen LogP contribution in [0.3, 0.4) is 0 Å². The minimum absolute atomic E-state index is 0.0362. The lowest BCUT2D eigenvalue weighted by Gasteiger charge is -2.21. The Morgan fingerprint density at radius 2 is 2.27 bits per heavy atom. The molecule has 0 aromatic heterocycles. The third-order valence-electron chi connectivity index (χ3n) is 2.24. The van der Waals surface area contributed by atoms with Crippen LogP contribution in [0.1, 0.15) is 12.5 Å². The zero-order chi connectivity index (χ0) is 10.7. The van der Waals surface area contributed by atoms with E-state index in [0.29, 0.717) is 6.54 Å². The van der Waals surface area contributed by atoms with Crippen LogP contribution in [0.2, 0.25) is 0 Å². The molecule has 0 saturated heterocycles. The fourth-order valence-corrected chi connectivity index (χ4v) is 1.49. The van der Waals surface area contributed by atoms with E-state index in [0.717, 1.165) is 11.3 Å². The highest BCUT2D eigenvalue weighted by atomic mass is 16.5. The van der Waals surface area contributed by atoms with Gasteiger partial charge in [-0.3, -0.25) is 4.79 Å². The predicted molar refractivity (Wildman–Crippen MR) is 58.6 cm³/mol. The Morgan fingerprint density at radius 1 is 1.47 bits per heavy atom. The van der Waals surface area contributed by atoms with Crippen LogP contribution in [0.4, 0.5) is 0 Å². The van der Waals surface area contributed by atoms with Gasteiger partial charge in [0.1, 0.15) is 11.9 Å². The molecule has 0 spiro atoms. The predicted octanol–water partition coefficient (Wildman–Crippen LogP) is 1.60. The Kier molecular flexibility index (Phi) is 2.72. The Labute approximate surface area is 88.8 Å². The van der Waals surface area contributed by atoms with Gasteiger partial charge < -0.3 is 10.1 Å². The van der Waals surface area contributed by atoms with Crippen LogP contribution in [0.15, 0.2) is 30.3 Å². The first kappa shape index (κ1) is 9.77. The van der Waals surface area contributed by atoms with Gasteiger partial charge in [0, 0.05) is 12.5 Å². The van der Waals surface area contributed by atoms with E-state index in [1.165, 1.54) is 6.92 Å². The Balaban J connectivity index is 2.03. The highest BCUT2D eigenvalue weighted by molar-refractivity contribution is 5.73. The number of carbonyl (C=O) groups is 1. The van der Waals surface area contributed by atoms with Gasteiger partial charge in [-0.1, -0.05) is 24.3 Å². The van der Waals surface area contributed by atoms with Gasteiger partial charge in [-0.25, -0.2) is 0 Å². The molecule has 1 aromatic rings. The largest absolute Gasteiger partial charge is 0.484 e. The first-order valence-corrected chi connectivity index (χ1v) is 4.94. The molecule has 1 amide bonds. The molecule has 78 valence electrons. The second-order valence-electron chi connectivity index (χ2n) is 3.49. The summed E-state index contributed by atoms with van der Waals surface area (Å²) in [6.07, 6.45) is 3.91. The SMILES string of the molecule is CC(=O)NCC1C=Cc2ccccc2O1. The van der Waals surface area contributed by atoms with Crippen molar-refractivity contribution in [1.29, 1.82) is 0 Å². The molecular weight excluding hydrogens is 190 g/mol. The summed E-state index contributed by atoms with van der Waals surface area (Å²) in [5.41, 5.74) is 1.08. The van der Waals surface area contributed by atoms with Crippen molar-refractivity contribution < 1.29 is 9.53 Å². The van der Waals surface area contributed by atoms with Crippen LogP contribution in [0.25, 0.3) is 6.08 Å². The van der Waals surface area contributed by atoms with E-state index in [-0.39, 0.29) is 12.0 Å². The Morgan fingerprint density at radius 3 is 3.07 bits per heavy atom. The fourth-order valence-electron chi connectivity index (χ4n) is 1.49. The molecule has 0 fully saturated rings. The number of carbonyl (C=O) groups excluding carboxylic acids is 1. The summed E-state index contributed by atoms with van der Waals surface area (Å²) < 4.78 is 5.68. The molecule has 3 nitrogen and oxygen atoms in total. The van der Waals surface area contributed by atoms with E-state index < -0.39 is 0 Å². The summed E-state index contributed by atoms with van der Waals surface area (Å²) in [7, 11) is 0. The minimum atomic E-state index is -0.0659. The van der Waals surface area contributed by atoms with Crippen molar-refractivity contribution in [3.63, 3.8) is 0 Å². The van der Waals surface area contributed by atoms with Crippen LogP contribution in [-0.2, 0) is 4.79 Å². The average Bonchev–Trinajstić information content (AvgIpc) is 2.26. The van der Waals surface area contributed by atoms with Gasteiger partial charge >= 0.3 is 0 Å². The van der Waals surface area contributed by atoms with Gasteiger partial charge in [0.2, 0.25) is 5.91 Å². The first-order chi connectivity index (χ1) is 7.25. The molecule has 2 rings (SSSR count). The number of nitrogens with one attached hydrogen (secondary N) is 1. The van der Waals surface area contributed by atoms with Crippen molar-refractivity contribution in [2.45, 2.75) is 13.0 Å². The van der Waals surface area contributed by atoms with E-state index in [1.54, 1.807) is 0 Å². The molecule has 1 N–H and O–H groups in total. The van der Waals surface area contributed by atoms with E-state index in [2.05, 4.69) is 5.32 Å². The molecule has 1 aliphatic heterocycles. The highest BCUT2D eigenvalue weighted by Gasteiger charge is 2.13. The molecule has 0 saturated carbocycles. The molecule has 1 aromatic carbocycles. The number of fused-ring (bicyclic) bond motifs is 1. The summed E-state index contributed by atoms with van der Waals surface area (Å²) in [4.78, 5) is 10.7. The zero-order valence-electron chi connectivity index (χ0n) is 8.57. The topological polar surface area (TPSA) is 38.3 Å². The lowest BCUT2D eigenvalue weighted by Crippen LogP contribution is -2.33. The normalized spacial score (nSPS) is 17.8. The van der Waals surface area contributed by atoms with Gasteiger partial charge in [0.15, 0.2) is 0 Å². The lowest BCUT2D eigenvalue weighted by molar-refractivity contribution is -0.119. The zero-order valence-corrected chi connectivity index (χ0v) is 8.57. The van der Waals surface area contributed by atoms with Crippen molar-refractivity contribution in [1.82, 2.24) is 5.32 Å². The van der Waals surface area contributed by atoms with Crippen molar-refractivity contribution in [3.8, 4) is 5.75 Å². The Bertz CT molecular complexity index is 398. The summed E-state index contributed by atoms with van der Waals surface area (Å²) in [6.45, 7) is 2.01. The van der Waals surface area contributed by atoms with Gasteiger partial charge in [-0.15, -0.1) is 0 Å². The van der Waals surface area contributed by atoms with Crippen LogP contribution in [0.5, 0.6) is 5.75 Å². The third-order valence-corrected chi connectivity index (χ3v) is 2.24. The fraction of sp³-hybridized carbons (Fsp3) is 0.250. The number of hydrogen-bond acceptors (Lipinski definition) is 2. The van der Waals surface area contributed by atoms with Crippen molar-refractivity contribution in [2.75, 3.05) is 6.54 Å². The maximum atomic E-state index is 10.7. The maximum Gasteiger partial charge on any atom is 0.217 e. The van der Waals surface area contributed by atoms with Gasteiger partial charge in [0.25, 0.3) is 0 Å². The molecule has 0 bridgehead atoms. The molecular formula is C12H13NO2. The summed E-state index contributed by atoms with van der Waals surface area (Å²) in [5.74, 6) is 0.834. The second-order valence-corrected chi connectivity index (χ2v) is 3.49. The van der Waals surface area contributed by atoms with Gasteiger partial charge in [0.05, 0.1) is 6.54 Å². The number of amides is 1. The molecule has 0 aliphatic carbocycles. The quantitative estimate of drug-likeness (QED) is 0.792. The first-order valence-electron chi connectivity index (χ1n) is 4.94. The van der Waals surface area contributed by atoms with Crippen LogP contribution >= 0.6 is 0 Å². The van der Waals surface area contributed by atoms with Crippen molar-refractivity contribution >= 4 is 12.0 Å². The van der Waals surface area contributed by atoms with Crippen LogP contribution in [0, 0.1) is 0 Å². The van der Waals surface area contributed by atoms with Crippen LogP contribution < -0.4 is 10.1 Å². The number of benzene rings is 1. The molecule has 1 aliphatic rings. The van der Waals surface area contributed by atoms with Crippen LogP contribution in [-0.4, -0.2) is 18.6 Å². The smallest absolute Gasteiger partial charge is 0.217 e. The van der Waals surface area contributed by atoms with Gasteiger partial charge in [-0.2, -0.15) is 0 Å². The molecule has 1 unspecified atom stereocenters. The lowest BCUT2D eigenvalue weighted by atomic mass is 10.1. The van der Waals surface area contributed by atoms with Crippen molar-refractivity contribution in [2.24, 2.45) is 0 Å². The minimum Gasteiger partial charge on any atom is -0.484 e. The van der Waals surface area contributed by atoms with E-state index in [1.807, 2.05) is 36.4 Å². The van der Waals surface area contributed by atoms with Crippen molar-refractivity contribution in [3.05, 3.63) is 35.9 Å². The number of para-hydroxylation sites is 1. The second kappa shape index (κ2) is 4.17. The molecule has 1 heterocycles. The molecule has 3 heteroatoms. The van der Waals surface area contributed by atoms with E-state index >= 15 is 0 Å². The standard InChI is InChI=1S/C12H13NO2/c1-9(14)13-8-11-7-6-10-4-2-3-5-12(10)15-11/h2-7,11H,8H2,1H3,(H,13,14). The number of rotatable bonds is 2. The monoisotopic (exact) mass is 203 g/mol. The number of ether oxygens (including phenoxy) is 1. The average molecular weight is 203 g/mol. The molecule has 0 radical (unpaired) electrons. The summed E-state index contributed by atoms with van der Waals surface area (Å²) in [5, 5.41) is 2.73. The molecule has 15 heavy (non-hydrogen) atoms.